The maximum absolute atomic E-state index is 12.7. The van der Waals surface area contributed by atoms with Gasteiger partial charge in [-0.1, -0.05) is 54.6 Å². The summed E-state index contributed by atoms with van der Waals surface area (Å²) in [5.41, 5.74) is 4.41. The Labute approximate surface area is 298 Å². The van der Waals surface area contributed by atoms with Gasteiger partial charge in [0.1, 0.15) is 0 Å². The fourth-order valence-corrected chi connectivity index (χ4v) is 9.90. The van der Waals surface area contributed by atoms with E-state index in [1.54, 1.807) is 26.0 Å². The first-order valence-corrected chi connectivity index (χ1v) is 21.0. The van der Waals surface area contributed by atoms with Crippen molar-refractivity contribution in [2.24, 2.45) is 0 Å². The molecule has 2 heterocycles. The predicted octanol–water partition coefficient (Wildman–Crippen LogP) is 10.8. The lowest BCUT2D eigenvalue weighted by molar-refractivity contribution is -0.384. The number of aromatic nitrogens is 2. The minimum absolute atomic E-state index is 0.0718. The molecule has 0 radical (unpaired) electrons. The summed E-state index contributed by atoms with van der Waals surface area (Å²) in [6, 6.07) is 29.6. The van der Waals surface area contributed by atoms with Gasteiger partial charge in [0.15, 0.2) is 0 Å². The van der Waals surface area contributed by atoms with E-state index >= 15 is 0 Å². The number of aryl methyl sites for hydroxylation is 2. The molecule has 0 unspecified atom stereocenters. The molecule has 0 aliphatic rings. The predicted molar refractivity (Wildman–Crippen MR) is 206 cm³/mol. The second-order valence-corrected chi connectivity index (χ2v) is 16.2. The smallest absolute Gasteiger partial charge is 0.330 e. The van der Waals surface area contributed by atoms with Crippen LogP contribution in [-0.2, 0) is 40.3 Å². The first-order valence-electron chi connectivity index (χ1n) is 17.5. The van der Waals surface area contributed by atoms with Crippen molar-refractivity contribution in [2.45, 2.75) is 53.6 Å². The van der Waals surface area contributed by atoms with E-state index in [9.17, 15) is 19.2 Å². The maximum Gasteiger partial charge on any atom is 0.330 e. The second kappa shape index (κ2) is 17.6. The van der Waals surface area contributed by atoms with E-state index in [0.717, 1.165) is 34.8 Å². The average molecular weight is 736 g/mol. The molecule has 0 atom stereocenters. The van der Waals surface area contributed by atoms with E-state index in [1.165, 1.54) is 27.9 Å². The van der Waals surface area contributed by atoms with Crippen molar-refractivity contribution >= 4 is 64.5 Å². The zero-order valence-corrected chi connectivity index (χ0v) is 31.5. The highest BCUT2D eigenvalue weighted by Crippen LogP contribution is 2.49. The summed E-state index contributed by atoms with van der Waals surface area (Å²) in [5, 5.41) is 15.5. The highest BCUT2D eigenvalue weighted by molar-refractivity contribution is 7.54. The summed E-state index contributed by atoms with van der Waals surface area (Å²) in [6.45, 7) is 10.2. The molecule has 0 aliphatic heterocycles. The number of nitro benzene ring substituents is 1. The largest absolute Gasteiger partial charge is 0.340 e. The van der Waals surface area contributed by atoms with Crippen molar-refractivity contribution in [3.05, 3.63) is 101 Å². The molecule has 0 aliphatic carbocycles. The Bertz CT molecular complexity index is 2120. The summed E-state index contributed by atoms with van der Waals surface area (Å²) in [4.78, 5) is 10.7. The molecule has 0 saturated heterocycles. The van der Waals surface area contributed by atoms with Crippen molar-refractivity contribution < 1.29 is 32.1 Å². The summed E-state index contributed by atoms with van der Waals surface area (Å²) < 4.78 is 51.2. The van der Waals surface area contributed by atoms with Crippen LogP contribution in [0.3, 0.4) is 0 Å². The molecule has 13 heteroatoms. The first kappa shape index (κ1) is 38.4. The minimum Gasteiger partial charge on any atom is -0.340 e. The molecule has 0 saturated carbocycles. The lowest BCUT2D eigenvalue weighted by Crippen LogP contribution is -2.04. The molecular formula is C38H47N3O8P2. The van der Waals surface area contributed by atoms with E-state index in [2.05, 4.69) is 57.7 Å². The van der Waals surface area contributed by atoms with Crippen LogP contribution < -0.4 is 0 Å². The van der Waals surface area contributed by atoms with Gasteiger partial charge in [-0.3, -0.25) is 19.2 Å². The van der Waals surface area contributed by atoms with E-state index in [4.69, 9.17) is 18.1 Å². The molecule has 0 fully saturated rings. The Hall–Kier alpha value is -3.82. The van der Waals surface area contributed by atoms with Crippen LogP contribution in [0.1, 0.15) is 40.5 Å². The molecule has 0 amide bonds. The Morgan fingerprint density at radius 1 is 0.549 bits per heavy atom. The van der Waals surface area contributed by atoms with Gasteiger partial charge in [0.25, 0.3) is 5.69 Å². The quantitative estimate of drug-likeness (QED) is 0.0515. The Balaban J connectivity index is 0.000000199. The van der Waals surface area contributed by atoms with Crippen LogP contribution in [0.2, 0.25) is 0 Å². The zero-order chi connectivity index (χ0) is 36.4. The Kier molecular flexibility index (Phi) is 13.3. The lowest BCUT2D eigenvalue weighted by Gasteiger charge is -2.17. The second-order valence-electron chi connectivity index (χ2n) is 11.9. The van der Waals surface area contributed by atoms with E-state index in [-0.39, 0.29) is 10.6 Å². The third-order valence-corrected chi connectivity index (χ3v) is 12.9. The van der Waals surface area contributed by atoms with Gasteiger partial charge in [-0.25, -0.2) is 0 Å². The number of nitro groups is 1. The van der Waals surface area contributed by atoms with Gasteiger partial charge in [-0.2, -0.15) is 0 Å². The molecule has 272 valence electrons. The van der Waals surface area contributed by atoms with Crippen molar-refractivity contribution in [3.63, 3.8) is 0 Å². The van der Waals surface area contributed by atoms with Crippen LogP contribution in [-0.4, -0.2) is 52.8 Å². The molecule has 6 rings (SSSR count). The molecule has 0 N–H and O–H groups in total. The fourth-order valence-electron chi connectivity index (χ4n) is 6.60. The van der Waals surface area contributed by atoms with Crippen LogP contribution in [0.15, 0.2) is 91.0 Å². The molecule has 0 spiro atoms. The normalized spacial score (nSPS) is 12.2. The molecular weight excluding hydrogens is 688 g/mol. The third kappa shape index (κ3) is 8.98. The zero-order valence-electron chi connectivity index (χ0n) is 29.7. The monoisotopic (exact) mass is 735 g/mol. The molecule has 51 heavy (non-hydrogen) atoms. The van der Waals surface area contributed by atoms with Crippen LogP contribution >= 0.6 is 15.2 Å². The van der Waals surface area contributed by atoms with Crippen LogP contribution in [0.25, 0.3) is 43.6 Å². The standard InChI is InChI=1S/C19H23N2O5P.C19H24NO3P/c1-3-25-27(24,26-4-2)13-7-12-20-18-9-6-5-8-16(18)17-14-15(21(22)23)10-11-19(17)20;1-3-22-24(21,23-4-2)15-9-14-20-18-12-7-5-10-16(18)17-11-6-8-13-19(17)20/h5-6,8-11,14H,3-4,7,12-13H2,1-2H3;5-8,10-13H,3-4,9,14-15H2,1-2H3. The molecule has 2 aromatic heterocycles. The van der Waals surface area contributed by atoms with Gasteiger partial charge >= 0.3 is 15.2 Å². The number of hydrogen-bond acceptors (Lipinski definition) is 8. The van der Waals surface area contributed by atoms with Crippen LogP contribution in [0, 0.1) is 10.1 Å². The summed E-state index contributed by atoms with van der Waals surface area (Å²) in [5.74, 6) is 0. The van der Waals surface area contributed by atoms with Gasteiger partial charge in [-0.05, 0) is 64.8 Å². The first-order chi connectivity index (χ1) is 24.7. The number of fused-ring (bicyclic) bond motifs is 6. The van der Waals surface area contributed by atoms with E-state index < -0.39 is 15.2 Å². The molecule has 0 bridgehead atoms. The minimum atomic E-state index is -3.08. The van der Waals surface area contributed by atoms with Crippen molar-refractivity contribution in [1.82, 2.24) is 9.13 Å². The topological polar surface area (TPSA) is 124 Å². The number of para-hydroxylation sites is 3. The summed E-state index contributed by atoms with van der Waals surface area (Å²) >= 11 is 0. The van der Waals surface area contributed by atoms with E-state index in [1.807, 2.05) is 38.1 Å². The number of non-ortho nitro benzene ring substituents is 1. The van der Waals surface area contributed by atoms with Crippen LogP contribution in [0.5, 0.6) is 0 Å². The van der Waals surface area contributed by atoms with Gasteiger partial charge in [0.05, 0.1) is 43.7 Å². The molecule has 6 aromatic rings. The third-order valence-electron chi connectivity index (χ3n) is 8.58. The maximum atomic E-state index is 12.7. The highest BCUT2D eigenvalue weighted by Gasteiger charge is 2.24. The number of rotatable bonds is 17. The fraction of sp³-hybridized carbons (Fsp3) is 0.368. The highest BCUT2D eigenvalue weighted by atomic mass is 31.2. The number of benzene rings is 4. The van der Waals surface area contributed by atoms with Crippen molar-refractivity contribution in [2.75, 3.05) is 38.8 Å². The van der Waals surface area contributed by atoms with Crippen molar-refractivity contribution in [3.8, 4) is 0 Å². The van der Waals surface area contributed by atoms with Crippen molar-refractivity contribution in [1.29, 1.82) is 0 Å². The summed E-state index contributed by atoms with van der Waals surface area (Å²) in [7, 11) is -6.05. The summed E-state index contributed by atoms with van der Waals surface area (Å²) in [6.07, 6.45) is 2.13. The number of hydrogen-bond donors (Lipinski definition) is 0. The Morgan fingerprint density at radius 3 is 1.27 bits per heavy atom. The molecule has 11 nitrogen and oxygen atoms in total. The van der Waals surface area contributed by atoms with Gasteiger partial charge in [0.2, 0.25) is 0 Å². The average Bonchev–Trinajstić information content (AvgIpc) is 3.61. The van der Waals surface area contributed by atoms with E-state index in [0.29, 0.717) is 51.7 Å². The van der Waals surface area contributed by atoms with Gasteiger partial charge in [-0.15, -0.1) is 0 Å². The lowest BCUT2D eigenvalue weighted by atomic mass is 10.1. The van der Waals surface area contributed by atoms with Crippen LogP contribution in [0.4, 0.5) is 5.69 Å². The number of nitrogens with zero attached hydrogens (tertiary/aromatic N) is 3. The van der Waals surface area contributed by atoms with Gasteiger partial charge in [0, 0.05) is 68.8 Å². The Morgan fingerprint density at radius 2 is 0.902 bits per heavy atom. The SMILES string of the molecule is CCOP(=O)(CCCn1c2ccccc2c2cc([N+](=O)[O-])ccc21)OCC.CCOP(=O)(CCCn1c2ccccc2c2ccccc21)OCC. The van der Waals surface area contributed by atoms with Gasteiger partial charge < -0.3 is 27.2 Å². The molecule has 4 aromatic carbocycles.